The molecule has 4 heteroatoms. The number of nitrogens with zero attached hydrogens (tertiary/aromatic N) is 2. The summed E-state index contributed by atoms with van der Waals surface area (Å²) in [5.41, 5.74) is 7.78. The minimum Gasteiger partial charge on any atom is -0.399 e. The maximum absolute atomic E-state index is 13.8. The van der Waals surface area contributed by atoms with Gasteiger partial charge in [-0.1, -0.05) is 12.1 Å². The molecule has 0 amide bonds. The largest absolute Gasteiger partial charge is 0.399 e. The van der Waals surface area contributed by atoms with Crippen molar-refractivity contribution in [3.63, 3.8) is 0 Å². The normalized spacial score (nSPS) is 10.7. The first-order valence-corrected chi connectivity index (χ1v) is 6.30. The second-order valence-electron chi connectivity index (χ2n) is 4.63. The van der Waals surface area contributed by atoms with Gasteiger partial charge in [-0.05, 0) is 42.5 Å². The lowest BCUT2D eigenvalue weighted by Crippen LogP contribution is -2.12. The number of aromatic nitrogens is 1. The van der Waals surface area contributed by atoms with Crippen LogP contribution >= 0.6 is 0 Å². The van der Waals surface area contributed by atoms with Gasteiger partial charge in [0.2, 0.25) is 0 Å². The van der Waals surface area contributed by atoms with Gasteiger partial charge < -0.3 is 10.6 Å². The lowest BCUT2D eigenvalue weighted by molar-refractivity contribution is 0.627. The van der Waals surface area contributed by atoms with Gasteiger partial charge >= 0.3 is 0 Å². The second kappa shape index (κ2) is 4.81. The molecule has 0 atom stereocenters. The highest BCUT2D eigenvalue weighted by Crippen LogP contribution is 2.26. The van der Waals surface area contributed by atoms with Crippen molar-refractivity contribution < 1.29 is 4.39 Å². The summed E-state index contributed by atoms with van der Waals surface area (Å²) in [6.07, 6.45) is 0. The molecular weight excluding hydrogens is 253 g/mol. The van der Waals surface area contributed by atoms with Crippen LogP contribution in [0.5, 0.6) is 0 Å². The number of nitrogen functional groups attached to an aromatic ring is 1. The number of benzene rings is 2. The molecule has 100 valence electrons. The summed E-state index contributed by atoms with van der Waals surface area (Å²) in [7, 11) is 1.80. The van der Waals surface area contributed by atoms with Gasteiger partial charge in [-0.15, -0.1) is 0 Å². The molecule has 3 nitrogen and oxygen atoms in total. The van der Waals surface area contributed by atoms with Crippen LogP contribution in [-0.2, 0) is 0 Å². The molecule has 3 aromatic rings. The van der Waals surface area contributed by atoms with Crippen LogP contribution in [0.2, 0.25) is 0 Å². The van der Waals surface area contributed by atoms with Crippen LogP contribution in [-0.4, -0.2) is 12.0 Å². The number of para-hydroxylation sites is 1. The molecule has 1 heterocycles. The zero-order valence-electron chi connectivity index (χ0n) is 11.0. The molecule has 0 radical (unpaired) electrons. The van der Waals surface area contributed by atoms with Gasteiger partial charge in [0, 0.05) is 18.1 Å². The summed E-state index contributed by atoms with van der Waals surface area (Å²) in [6, 6.07) is 16.0. The van der Waals surface area contributed by atoms with E-state index in [2.05, 4.69) is 4.98 Å². The van der Waals surface area contributed by atoms with Crippen molar-refractivity contribution in [1.82, 2.24) is 4.98 Å². The number of hydrogen-bond acceptors (Lipinski definition) is 3. The van der Waals surface area contributed by atoms with E-state index < -0.39 is 0 Å². The fourth-order valence-corrected chi connectivity index (χ4v) is 2.17. The Kier molecular flexibility index (Phi) is 2.99. The Bertz CT molecular complexity index is 771. The summed E-state index contributed by atoms with van der Waals surface area (Å²) < 4.78 is 13.8. The van der Waals surface area contributed by atoms with Gasteiger partial charge in [0.1, 0.15) is 11.6 Å². The average Bonchev–Trinajstić information content (AvgIpc) is 2.46. The molecule has 3 rings (SSSR count). The number of halogens is 1. The first-order valence-electron chi connectivity index (χ1n) is 6.30. The van der Waals surface area contributed by atoms with E-state index in [1.165, 1.54) is 6.07 Å². The molecule has 0 aliphatic rings. The Hall–Kier alpha value is -2.62. The van der Waals surface area contributed by atoms with Gasteiger partial charge in [-0.2, -0.15) is 0 Å². The molecule has 2 N–H and O–H groups in total. The first kappa shape index (κ1) is 12.4. The van der Waals surface area contributed by atoms with E-state index in [0.717, 1.165) is 10.9 Å². The minimum absolute atomic E-state index is 0.269. The monoisotopic (exact) mass is 267 g/mol. The lowest BCUT2D eigenvalue weighted by Gasteiger charge is -2.19. The Labute approximate surface area is 116 Å². The third-order valence-corrected chi connectivity index (χ3v) is 3.26. The molecule has 1 aromatic heterocycles. The second-order valence-corrected chi connectivity index (χ2v) is 4.63. The fraction of sp³-hybridized carbons (Fsp3) is 0.0625. The molecule has 0 saturated heterocycles. The van der Waals surface area contributed by atoms with Crippen molar-refractivity contribution in [1.29, 1.82) is 0 Å². The molecule has 0 aliphatic carbocycles. The molecule has 0 unspecified atom stereocenters. The van der Waals surface area contributed by atoms with E-state index in [9.17, 15) is 4.39 Å². The van der Waals surface area contributed by atoms with Crippen LogP contribution in [0.3, 0.4) is 0 Å². The Morgan fingerprint density at radius 2 is 1.85 bits per heavy atom. The van der Waals surface area contributed by atoms with Crippen LogP contribution in [0.25, 0.3) is 10.9 Å². The van der Waals surface area contributed by atoms with E-state index in [-0.39, 0.29) is 5.82 Å². The third-order valence-electron chi connectivity index (χ3n) is 3.26. The van der Waals surface area contributed by atoms with Crippen molar-refractivity contribution in [3.05, 3.63) is 60.4 Å². The number of fused-ring (bicyclic) bond motifs is 1. The van der Waals surface area contributed by atoms with E-state index >= 15 is 0 Å². The number of hydrogen-bond donors (Lipinski definition) is 1. The highest BCUT2D eigenvalue weighted by atomic mass is 19.1. The molecular formula is C16H14FN3. The predicted molar refractivity (Wildman–Crippen MR) is 80.6 cm³/mol. The average molecular weight is 267 g/mol. The standard InChI is InChI=1S/C16H14FN3/c1-20(15-5-3-2-4-13(15)17)16-9-6-11-10-12(18)7-8-14(11)19-16/h2-10H,18H2,1H3. The van der Waals surface area contributed by atoms with Crippen LogP contribution in [0, 0.1) is 5.82 Å². The first-order chi connectivity index (χ1) is 9.65. The van der Waals surface area contributed by atoms with E-state index in [4.69, 9.17) is 5.73 Å². The Balaban J connectivity index is 2.06. The Morgan fingerprint density at radius 3 is 2.65 bits per heavy atom. The molecule has 0 bridgehead atoms. The molecule has 0 aliphatic heterocycles. The number of nitrogens with two attached hydrogens (primary N) is 1. The van der Waals surface area contributed by atoms with Crippen molar-refractivity contribution >= 4 is 28.1 Å². The van der Waals surface area contributed by atoms with Crippen molar-refractivity contribution in [2.24, 2.45) is 0 Å². The summed E-state index contributed by atoms with van der Waals surface area (Å²) in [5.74, 6) is 0.418. The van der Waals surface area contributed by atoms with Crippen molar-refractivity contribution in [2.45, 2.75) is 0 Å². The number of anilines is 3. The van der Waals surface area contributed by atoms with Crippen LogP contribution < -0.4 is 10.6 Å². The SMILES string of the molecule is CN(c1ccc2cc(N)ccc2n1)c1ccccc1F. The van der Waals surface area contributed by atoms with Crippen LogP contribution in [0.1, 0.15) is 0 Å². The molecule has 20 heavy (non-hydrogen) atoms. The molecule has 0 saturated carbocycles. The quantitative estimate of drug-likeness (QED) is 0.719. The van der Waals surface area contributed by atoms with E-state index in [0.29, 0.717) is 17.2 Å². The van der Waals surface area contributed by atoms with Gasteiger partial charge in [0.15, 0.2) is 0 Å². The van der Waals surface area contributed by atoms with Crippen molar-refractivity contribution in [3.8, 4) is 0 Å². The minimum atomic E-state index is -0.269. The lowest BCUT2D eigenvalue weighted by atomic mass is 10.2. The number of pyridine rings is 1. The maximum atomic E-state index is 13.8. The molecule has 0 spiro atoms. The zero-order valence-corrected chi connectivity index (χ0v) is 11.0. The van der Waals surface area contributed by atoms with Crippen molar-refractivity contribution in [2.75, 3.05) is 17.7 Å². The maximum Gasteiger partial charge on any atom is 0.146 e. The third kappa shape index (κ3) is 2.16. The highest BCUT2D eigenvalue weighted by Gasteiger charge is 2.10. The smallest absolute Gasteiger partial charge is 0.146 e. The van der Waals surface area contributed by atoms with E-state index in [1.54, 1.807) is 30.1 Å². The zero-order chi connectivity index (χ0) is 14.1. The van der Waals surface area contributed by atoms with E-state index in [1.807, 2.05) is 30.3 Å². The van der Waals surface area contributed by atoms with Gasteiger partial charge in [0.25, 0.3) is 0 Å². The molecule has 2 aromatic carbocycles. The Morgan fingerprint density at radius 1 is 1.05 bits per heavy atom. The summed E-state index contributed by atoms with van der Waals surface area (Å²) in [5, 5.41) is 0.968. The van der Waals surface area contributed by atoms with Gasteiger partial charge in [-0.25, -0.2) is 9.37 Å². The van der Waals surface area contributed by atoms with Gasteiger partial charge in [0.05, 0.1) is 11.2 Å². The van der Waals surface area contributed by atoms with Crippen LogP contribution in [0.15, 0.2) is 54.6 Å². The fourth-order valence-electron chi connectivity index (χ4n) is 2.17. The highest BCUT2D eigenvalue weighted by molar-refractivity contribution is 5.84. The summed E-state index contributed by atoms with van der Waals surface area (Å²) >= 11 is 0. The summed E-state index contributed by atoms with van der Waals surface area (Å²) in [6.45, 7) is 0. The predicted octanol–water partition coefficient (Wildman–Crippen LogP) is 3.72. The van der Waals surface area contributed by atoms with Crippen LogP contribution in [0.4, 0.5) is 21.6 Å². The number of rotatable bonds is 2. The molecule has 0 fully saturated rings. The van der Waals surface area contributed by atoms with Gasteiger partial charge in [-0.3, -0.25) is 0 Å². The topological polar surface area (TPSA) is 42.1 Å². The summed E-state index contributed by atoms with van der Waals surface area (Å²) in [4.78, 5) is 6.26.